The van der Waals surface area contributed by atoms with E-state index >= 15 is 0 Å². The highest BCUT2D eigenvalue weighted by Gasteiger charge is 2.34. The Bertz CT molecular complexity index is 765. The van der Waals surface area contributed by atoms with Gasteiger partial charge in [0.25, 0.3) is 0 Å². The molecule has 0 saturated carbocycles. The molecule has 1 amide bonds. The molecule has 0 unspecified atom stereocenters. The molecule has 3 rings (SSSR count). The van der Waals surface area contributed by atoms with E-state index in [0.29, 0.717) is 6.42 Å². The predicted octanol–water partition coefficient (Wildman–Crippen LogP) is 5.29. The average Bonchev–Trinajstić information content (AvgIpc) is 2.80. The summed E-state index contributed by atoms with van der Waals surface area (Å²) in [5, 5.41) is 2.91. The number of carbonyl (C=O) groups excluding carboxylic acids is 1. The van der Waals surface area contributed by atoms with Crippen LogP contribution in [0.25, 0.3) is 0 Å². The minimum Gasteiger partial charge on any atom is -0.381 e. The Morgan fingerprint density at radius 3 is 2.33 bits per heavy atom. The number of likely N-dealkylation sites (tertiary alicyclic amines) is 1. The predicted molar refractivity (Wildman–Crippen MR) is 124 cm³/mol. The Labute approximate surface area is 181 Å². The fourth-order valence-corrected chi connectivity index (χ4v) is 4.23. The van der Waals surface area contributed by atoms with Gasteiger partial charge in [0.1, 0.15) is 0 Å². The molecule has 0 spiro atoms. The van der Waals surface area contributed by atoms with E-state index in [1.165, 1.54) is 30.4 Å². The molecule has 4 nitrogen and oxygen atoms in total. The maximum Gasteiger partial charge on any atom is 0.224 e. The number of aryl methyl sites for hydroxylation is 1. The molecule has 0 atom stereocenters. The van der Waals surface area contributed by atoms with E-state index < -0.39 is 0 Å². The SMILES string of the molecule is CCOCC1(CCc2ccccc2)CCN(Cc2ccc(NC(=O)CC)cc2)CC1. The highest BCUT2D eigenvalue weighted by molar-refractivity contribution is 5.90. The van der Waals surface area contributed by atoms with Crippen molar-refractivity contribution in [3.05, 3.63) is 65.7 Å². The van der Waals surface area contributed by atoms with Gasteiger partial charge < -0.3 is 10.1 Å². The van der Waals surface area contributed by atoms with Crippen molar-refractivity contribution in [2.24, 2.45) is 5.41 Å². The number of nitrogens with zero attached hydrogens (tertiary/aromatic N) is 1. The summed E-state index contributed by atoms with van der Waals surface area (Å²) in [5.74, 6) is 0.0555. The summed E-state index contributed by atoms with van der Waals surface area (Å²) in [6, 6.07) is 19.1. The second-order valence-electron chi connectivity index (χ2n) is 8.50. The van der Waals surface area contributed by atoms with Gasteiger partial charge >= 0.3 is 0 Å². The topological polar surface area (TPSA) is 41.6 Å². The third-order valence-electron chi connectivity index (χ3n) is 6.28. The van der Waals surface area contributed by atoms with Crippen molar-refractivity contribution in [3.63, 3.8) is 0 Å². The maximum absolute atomic E-state index is 11.5. The first-order valence-corrected chi connectivity index (χ1v) is 11.4. The van der Waals surface area contributed by atoms with Gasteiger partial charge in [-0.2, -0.15) is 0 Å². The molecular weight excluding hydrogens is 372 g/mol. The van der Waals surface area contributed by atoms with Crippen molar-refractivity contribution >= 4 is 11.6 Å². The maximum atomic E-state index is 11.5. The van der Waals surface area contributed by atoms with Crippen molar-refractivity contribution in [2.75, 3.05) is 31.6 Å². The van der Waals surface area contributed by atoms with Crippen LogP contribution in [0, 0.1) is 5.41 Å². The Morgan fingerprint density at radius 1 is 1.00 bits per heavy atom. The molecule has 2 aromatic rings. The first-order valence-electron chi connectivity index (χ1n) is 11.4. The molecule has 162 valence electrons. The van der Waals surface area contributed by atoms with E-state index in [-0.39, 0.29) is 11.3 Å². The van der Waals surface area contributed by atoms with Crippen LogP contribution < -0.4 is 5.32 Å². The molecule has 1 aliphatic rings. The molecule has 1 heterocycles. The molecule has 4 heteroatoms. The van der Waals surface area contributed by atoms with Crippen molar-refractivity contribution in [1.82, 2.24) is 4.90 Å². The van der Waals surface area contributed by atoms with E-state index in [9.17, 15) is 4.79 Å². The summed E-state index contributed by atoms with van der Waals surface area (Å²) in [5.41, 5.74) is 3.88. The van der Waals surface area contributed by atoms with Gasteiger partial charge in [0.15, 0.2) is 0 Å². The molecular formula is C26H36N2O2. The fraction of sp³-hybridized carbons (Fsp3) is 0.500. The molecule has 0 bridgehead atoms. The number of hydrogen-bond acceptors (Lipinski definition) is 3. The number of piperidine rings is 1. The van der Waals surface area contributed by atoms with Crippen LogP contribution in [-0.4, -0.2) is 37.1 Å². The zero-order chi connectivity index (χ0) is 21.2. The largest absolute Gasteiger partial charge is 0.381 e. The molecule has 0 radical (unpaired) electrons. The van der Waals surface area contributed by atoms with Gasteiger partial charge in [0.2, 0.25) is 5.91 Å². The quantitative estimate of drug-likeness (QED) is 0.581. The third kappa shape index (κ3) is 6.68. The highest BCUT2D eigenvalue weighted by Crippen LogP contribution is 2.37. The monoisotopic (exact) mass is 408 g/mol. The van der Waals surface area contributed by atoms with Gasteiger partial charge in [-0.3, -0.25) is 9.69 Å². The van der Waals surface area contributed by atoms with Crippen LogP contribution in [-0.2, 0) is 22.5 Å². The standard InChI is InChI=1S/C26H36N2O2/c1-3-25(29)27-24-12-10-23(11-13-24)20-28-18-16-26(17-19-28,21-30-4-2)15-14-22-8-6-5-7-9-22/h5-13H,3-4,14-21H2,1-2H3,(H,27,29). The van der Waals surface area contributed by atoms with Crippen LogP contribution in [0.1, 0.15) is 50.7 Å². The van der Waals surface area contributed by atoms with Crippen molar-refractivity contribution in [2.45, 2.75) is 52.5 Å². The Balaban J connectivity index is 1.53. The number of anilines is 1. The second kappa shape index (κ2) is 11.3. The molecule has 1 N–H and O–H groups in total. The molecule has 1 aliphatic heterocycles. The summed E-state index contributed by atoms with van der Waals surface area (Å²) >= 11 is 0. The lowest BCUT2D eigenvalue weighted by Gasteiger charge is -2.42. The van der Waals surface area contributed by atoms with Crippen molar-refractivity contribution in [3.8, 4) is 0 Å². The minimum absolute atomic E-state index is 0.0555. The lowest BCUT2D eigenvalue weighted by Crippen LogP contribution is -2.42. The summed E-state index contributed by atoms with van der Waals surface area (Å²) in [6.45, 7) is 8.80. The van der Waals surface area contributed by atoms with Gasteiger partial charge in [0, 0.05) is 25.3 Å². The van der Waals surface area contributed by atoms with E-state index in [4.69, 9.17) is 4.74 Å². The van der Waals surface area contributed by atoms with Crippen LogP contribution >= 0.6 is 0 Å². The lowest BCUT2D eigenvalue weighted by molar-refractivity contribution is -0.115. The summed E-state index contributed by atoms with van der Waals surface area (Å²) in [7, 11) is 0. The Kier molecular flexibility index (Phi) is 8.47. The van der Waals surface area contributed by atoms with Crippen LogP contribution in [0.4, 0.5) is 5.69 Å². The van der Waals surface area contributed by atoms with Gasteiger partial charge in [-0.25, -0.2) is 0 Å². The molecule has 1 saturated heterocycles. The first-order chi connectivity index (χ1) is 14.6. The second-order valence-corrected chi connectivity index (χ2v) is 8.50. The van der Waals surface area contributed by atoms with Crippen LogP contribution in [0.3, 0.4) is 0 Å². The Morgan fingerprint density at radius 2 is 1.70 bits per heavy atom. The van der Waals surface area contributed by atoms with Gasteiger partial charge in [0.05, 0.1) is 6.61 Å². The minimum atomic E-state index is 0.0555. The zero-order valence-corrected chi connectivity index (χ0v) is 18.5. The Hall–Kier alpha value is -2.17. The highest BCUT2D eigenvalue weighted by atomic mass is 16.5. The number of ether oxygens (including phenoxy) is 1. The first kappa shape index (κ1) is 22.5. The average molecular weight is 409 g/mol. The van der Waals surface area contributed by atoms with E-state index in [1.807, 2.05) is 19.1 Å². The molecule has 2 aromatic carbocycles. The summed E-state index contributed by atoms with van der Waals surface area (Å²) in [4.78, 5) is 14.1. The van der Waals surface area contributed by atoms with Crippen molar-refractivity contribution < 1.29 is 9.53 Å². The van der Waals surface area contributed by atoms with Crippen LogP contribution in [0.5, 0.6) is 0 Å². The normalized spacial score (nSPS) is 16.3. The molecule has 30 heavy (non-hydrogen) atoms. The van der Waals surface area contributed by atoms with E-state index in [2.05, 4.69) is 59.6 Å². The number of benzene rings is 2. The molecule has 0 aromatic heterocycles. The van der Waals surface area contributed by atoms with Gasteiger partial charge in [-0.05, 0) is 74.4 Å². The van der Waals surface area contributed by atoms with Crippen LogP contribution in [0.15, 0.2) is 54.6 Å². The summed E-state index contributed by atoms with van der Waals surface area (Å²) in [6.07, 6.45) is 5.19. The number of hydrogen-bond donors (Lipinski definition) is 1. The molecule has 0 aliphatic carbocycles. The number of amides is 1. The fourth-order valence-electron chi connectivity index (χ4n) is 4.23. The van der Waals surface area contributed by atoms with Crippen molar-refractivity contribution in [1.29, 1.82) is 0 Å². The van der Waals surface area contributed by atoms with E-state index in [0.717, 1.165) is 45.0 Å². The zero-order valence-electron chi connectivity index (χ0n) is 18.5. The van der Waals surface area contributed by atoms with Crippen LogP contribution in [0.2, 0.25) is 0 Å². The van der Waals surface area contributed by atoms with Gasteiger partial charge in [-0.15, -0.1) is 0 Å². The third-order valence-corrected chi connectivity index (χ3v) is 6.28. The van der Waals surface area contributed by atoms with E-state index in [1.54, 1.807) is 0 Å². The van der Waals surface area contributed by atoms with Gasteiger partial charge in [-0.1, -0.05) is 49.4 Å². The number of rotatable bonds is 10. The number of carbonyl (C=O) groups is 1. The lowest BCUT2D eigenvalue weighted by atomic mass is 9.74. The summed E-state index contributed by atoms with van der Waals surface area (Å²) < 4.78 is 5.92. The number of nitrogens with one attached hydrogen (secondary N) is 1. The molecule has 1 fully saturated rings. The smallest absolute Gasteiger partial charge is 0.224 e.